The van der Waals surface area contributed by atoms with Gasteiger partial charge in [0.15, 0.2) is 0 Å². The topological polar surface area (TPSA) is 29.5 Å². The summed E-state index contributed by atoms with van der Waals surface area (Å²) >= 11 is 0. The van der Waals surface area contributed by atoms with Gasteiger partial charge in [-0.15, -0.1) is 0 Å². The van der Waals surface area contributed by atoms with Gasteiger partial charge in [-0.05, 0) is 18.4 Å². The van der Waals surface area contributed by atoms with E-state index in [0.29, 0.717) is 19.6 Å². The molecule has 0 aliphatic heterocycles. The molecule has 0 heterocycles. The van der Waals surface area contributed by atoms with Gasteiger partial charge in [0.1, 0.15) is 0 Å². The minimum atomic E-state index is 0.193. The molecule has 0 saturated heterocycles. The van der Waals surface area contributed by atoms with Crippen LogP contribution in [-0.4, -0.2) is 38.1 Å². The van der Waals surface area contributed by atoms with Crippen LogP contribution < -0.4 is 0 Å². The molecule has 94 valence electrons. The molecule has 1 aromatic rings. The largest absolute Gasteiger partial charge is 0.383 e. The number of carbonyl (C=O) groups is 1. The van der Waals surface area contributed by atoms with Crippen molar-refractivity contribution in [2.45, 2.75) is 19.3 Å². The molecule has 0 aliphatic rings. The van der Waals surface area contributed by atoms with Crippen molar-refractivity contribution in [3.05, 3.63) is 35.9 Å². The number of hydrogen-bond acceptors (Lipinski definition) is 2. The van der Waals surface area contributed by atoms with E-state index in [1.807, 2.05) is 25.2 Å². The lowest BCUT2D eigenvalue weighted by Crippen LogP contribution is -2.29. The quantitative estimate of drug-likeness (QED) is 0.724. The molecule has 1 rings (SSSR count). The van der Waals surface area contributed by atoms with Gasteiger partial charge in [0.2, 0.25) is 5.91 Å². The van der Waals surface area contributed by atoms with Crippen molar-refractivity contribution in [2.75, 3.05) is 27.3 Å². The normalized spacial score (nSPS) is 10.2. The fourth-order valence-electron chi connectivity index (χ4n) is 1.63. The number of hydrogen-bond donors (Lipinski definition) is 0. The van der Waals surface area contributed by atoms with Crippen molar-refractivity contribution in [1.29, 1.82) is 0 Å². The molecule has 1 amide bonds. The molecule has 17 heavy (non-hydrogen) atoms. The van der Waals surface area contributed by atoms with Crippen molar-refractivity contribution >= 4 is 5.91 Å². The van der Waals surface area contributed by atoms with Crippen molar-refractivity contribution in [3.63, 3.8) is 0 Å². The van der Waals surface area contributed by atoms with Crippen LogP contribution in [-0.2, 0) is 16.0 Å². The van der Waals surface area contributed by atoms with Crippen LogP contribution >= 0.6 is 0 Å². The Balaban J connectivity index is 2.20. The Morgan fingerprint density at radius 2 is 2.00 bits per heavy atom. The monoisotopic (exact) mass is 235 g/mol. The van der Waals surface area contributed by atoms with Gasteiger partial charge in [0.05, 0.1) is 6.61 Å². The van der Waals surface area contributed by atoms with Crippen LogP contribution in [0.5, 0.6) is 0 Å². The minimum absolute atomic E-state index is 0.193. The Morgan fingerprint density at radius 3 is 2.65 bits per heavy atom. The third kappa shape index (κ3) is 5.50. The van der Waals surface area contributed by atoms with Crippen LogP contribution in [0.2, 0.25) is 0 Å². The van der Waals surface area contributed by atoms with E-state index in [9.17, 15) is 4.79 Å². The molecule has 0 fully saturated rings. The second-order valence-corrected chi connectivity index (χ2v) is 4.15. The van der Waals surface area contributed by atoms with Gasteiger partial charge >= 0.3 is 0 Å². The van der Waals surface area contributed by atoms with Gasteiger partial charge in [-0.25, -0.2) is 0 Å². The van der Waals surface area contributed by atoms with E-state index in [0.717, 1.165) is 12.8 Å². The van der Waals surface area contributed by atoms with Gasteiger partial charge in [0, 0.05) is 27.1 Å². The maximum atomic E-state index is 11.7. The summed E-state index contributed by atoms with van der Waals surface area (Å²) in [6.45, 7) is 1.27. The molecule has 3 nitrogen and oxygen atoms in total. The number of methoxy groups -OCH3 is 1. The molecule has 1 aromatic carbocycles. The smallest absolute Gasteiger partial charge is 0.222 e. The Kier molecular flexibility index (Phi) is 6.33. The average Bonchev–Trinajstić information content (AvgIpc) is 2.37. The van der Waals surface area contributed by atoms with Crippen LogP contribution in [0.25, 0.3) is 0 Å². The highest BCUT2D eigenvalue weighted by atomic mass is 16.5. The lowest BCUT2D eigenvalue weighted by molar-refractivity contribution is -0.130. The highest BCUT2D eigenvalue weighted by molar-refractivity contribution is 5.75. The SMILES string of the molecule is COCCN(C)C(=O)CCCc1ccccc1. The summed E-state index contributed by atoms with van der Waals surface area (Å²) < 4.78 is 4.94. The summed E-state index contributed by atoms with van der Waals surface area (Å²) in [5.74, 6) is 0.193. The van der Waals surface area contributed by atoms with Crippen molar-refractivity contribution in [2.24, 2.45) is 0 Å². The first-order valence-electron chi connectivity index (χ1n) is 6.01. The van der Waals surface area contributed by atoms with E-state index in [1.165, 1.54) is 5.56 Å². The molecule has 0 atom stereocenters. The summed E-state index contributed by atoms with van der Waals surface area (Å²) in [4.78, 5) is 13.4. The van der Waals surface area contributed by atoms with Crippen LogP contribution in [0, 0.1) is 0 Å². The van der Waals surface area contributed by atoms with Gasteiger partial charge in [0.25, 0.3) is 0 Å². The summed E-state index contributed by atoms with van der Waals surface area (Å²) in [6, 6.07) is 10.3. The fraction of sp³-hybridized carbons (Fsp3) is 0.500. The Bertz CT molecular complexity index is 324. The van der Waals surface area contributed by atoms with Crippen molar-refractivity contribution in [1.82, 2.24) is 4.90 Å². The van der Waals surface area contributed by atoms with Crippen LogP contribution in [0.1, 0.15) is 18.4 Å². The number of amides is 1. The number of ether oxygens (including phenoxy) is 1. The first-order chi connectivity index (χ1) is 8.24. The summed E-state index contributed by atoms with van der Waals surface area (Å²) in [6.07, 6.45) is 2.47. The number of aryl methyl sites for hydroxylation is 1. The van der Waals surface area contributed by atoms with E-state index < -0.39 is 0 Å². The maximum absolute atomic E-state index is 11.7. The molecule has 0 N–H and O–H groups in total. The van der Waals surface area contributed by atoms with Crippen LogP contribution in [0.15, 0.2) is 30.3 Å². The molecule has 0 aliphatic carbocycles. The van der Waals surface area contributed by atoms with Crippen molar-refractivity contribution < 1.29 is 9.53 Å². The molecule has 0 bridgehead atoms. The number of carbonyl (C=O) groups excluding carboxylic acids is 1. The second kappa shape index (κ2) is 7.85. The highest BCUT2D eigenvalue weighted by Crippen LogP contribution is 2.05. The van der Waals surface area contributed by atoms with E-state index >= 15 is 0 Å². The van der Waals surface area contributed by atoms with Gasteiger partial charge in [-0.1, -0.05) is 30.3 Å². The standard InChI is InChI=1S/C14H21NO2/c1-15(11-12-17-2)14(16)10-6-9-13-7-4-3-5-8-13/h3-5,7-8H,6,9-12H2,1-2H3. The maximum Gasteiger partial charge on any atom is 0.222 e. The molecule has 3 heteroatoms. The summed E-state index contributed by atoms with van der Waals surface area (Å²) in [5, 5.41) is 0. The third-order valence-corrected chi connectivity index (χ3v) is 2.76. The zero-order valence-corrected chi connectivity index (χ0v) is 10.7. The van der Waals surface area contributed by atoms with E-state index in [-0.39, 0.29) is 5.91 Å². The first kappa shape index (κ1) is 13.7. The molecule has 0 radical (unpaired) electrons. The van der Waals surface area contributed by atoms with E-state index in [1.54, 1.807) is 12.0 Å². The number of likely N-dealkylation sites (N-methyl/N-ethyl adjacent to an activating group) is 1. The zero-order chi connectivity index (χ0) is 12.5. The predicted molar refractivity (Wildman–Crippen MR) is 68.9 cm³/mol. The Labute approximate surface area is 103 Å². The summed E-state index contributed by atoms with van der Waals surface area (Å²) in [7, 11) is 3.47. The highest BCUT2D eigenvalue weighted by Gasteiger charge is 2.07. The summed E-state index contributed by atoms with van der Waals surface area (Å²) in [5.41, 5.74) is 1.29. The number of benzene rings is 1. The van der Waals surface area contributed by atoms with Crippen molar-refractivity contribution in [3.8, 4) is 0 Å². The van der Waals surface area contributed by atoms with Gasteiger partial charge in [-0.2, -0.15) is 0 Å². The Morgan fingerprint density at radius 1 is 1.29 bits per heavy atom. The lowest BCUT2D eigenvalue weighted by Gasteiger charge is -2.16. The molecule has 0 aromatic heterocycles. The van der Waals surface area contributed by atoms with Gasteiger partial charge in [-0.3, -0.25) is 4.79 Å². The molecule has 0 spiro atoms. The fourth-order valence-corrected chi connectivity index (χ4v) is 1.63. The van der Waals surface area contributed by atoms with Crippen LogP contribution in [0.4, 0.5) is 0 Å². The molecular formula is C14H21NO2. The zero-order valence-electron chi connectivity index (χ0n) is 10.7. The Hall–Kier alpha value is -1.35. The minimum Gasteiger partial charge on any atom is -0.383 e. The first-order valence-corrected chi connectivity index (χ1v) is 6.01. The molecule has 0 saturated carbocycles. The van der Waals surface area contributed by atoms with E-state index in [4.69, 9.17) is 4.74 Å². The second-order valence-electron chi connectivity index (χ2n) is 4.15. The predicted octanol–water partition coefficient (Wildman–Crippen LogP) is 2.11. The number of rotatable bonds is 7. The molecular weight excluding hydrogens is 214 g/mol. The third-order valence-electron chi connectivity index (χ3n) is 2.76. The van der Waals surface area contributed by atoms with Crippen LogP contribution in [0.3, 0.4) is 0 Å². The molecule has 0 unspecified atom stereocenters. The average molecular weight is 235 g/mol. The number of nitrogens with zero attached hydrogens (tertiary/aromatic N) is 1. The van der Waals surface area contributed by atoms with Gasteiger partial charge < -0.3 is 9.64 Å². The van der Waals surface area contributed by atoms with E-state index in [2.05, 4.69) is 12.1 Å². The lowest BCUT2D eigenvalue weighted by atomic mass is 10.1.